The van der Waals surface area contributed by atoms with E-state index in [2.05, 4.69) is 0 Å². The van der Waals surface area contributed by atoms with Crippen molar-refractivity contribution in [2.45, 2.75) is 47.5 Å². The van der Waals surface area contributed by atoms with Gasteiger partial charge < -0.3 is 0 Å². The van der Waals surface area contributed by atoms with E-state index in [1.165, 1.54) is 0 Å². The summed E-state index contributed by atoms with van der Waals surface area (Å²) in [5, 5.41) is 0. The molecule has 0 N–H and O–H groups in total. The third kappa shape index (κ3) is 1.91. The molecule has 0 aromatic carbocycles. The average molecular weight is 164 g/mol. The zero-order valence-electron chi connectivity index (χ0n) is 8.04. The fourth-order valence-electron chi connectivity index (χ4n) is 0.751. The number of hydrogen-bond acceptors (Lipinski definition) is 0. The van der Waals surface area contributed by atoms with Crippen LogP contribution >= 0.6 is 0 Å². The molecule has 0 spiro atoms. The Balaban J connectivity index is 4.53. The second-order valence-corrected chi connectivity index (χ2v) is 4.26. The molecule has 2 heteroatoms. The van der Waals surface area contributed by atoms with Crippen LogP contribution in [0, 0.1) is 10.8 Å². The second kappa shape index (κ2) is 3.08. The van der Waals surface area contributed by atoms with Crippen LogP contribution in [0.5, 0.6) is 0 Å². The Morgan fingerprint density at radius 2 is 1.45 bits per heavy atom. The van der Waals surface area contributed by atoms with E-state index >= 15 is 0 Å². The Bertz CT molecular complexity index is 126. The molecular formula is C9H18F2. The zero-order valence-corrected chi connectivity index (χ0v) is 8.04. The third-order valence-corrected chi connectivity index (χ3v) is 3.17. The van der Waals surface area contributed by atoms with Crippen molar-refractivity contribution in [2.24, 2.45) is 10.8 Å². The lowest BCUT2D eigenvalue weighted by Gasteiger charge is -2.40. The number of halogens is 2. The number of rotatable bonds is 3. The topological polar surface area (TPSA) is 0 Å². The van der Waals surface area contributed by atoms with E-state index in [1.54, 1.807) is 13.8 Å². The summed E-state index contributed by atoms with van der Waals surface area (Å²) in [7, 11) is 0. The minimum Gasteiger partial charge on any atom is -0.210 e. The minimum absolute atomic E-state index is 0.291. The summed E-state index contributed by atoms with van der Waals surface area (Å²) in [5.41, 5.74) is -1.18. The van der Waals surface area contributed by atoms with Crippen LogP contribution in [0.25, 0.3) is 0 Å². The smallest absolute Gasteiger partial charge is 0.210 e. The summed E-state index contributed by atoms with van der Waals surface area (Å²) in [6.07, 6.45) is -1.46. The number of alkyl halides is 2. The van der Waals surface area contributed by atoms with Gasteiger partial charge in [0.25, 0.3) is 0 Å². The molecule has 0 atom stereocenters. The first-order valence-electron chi connectivity index (χ1n) is 4.04. The van der Waals surface area contributed by atoms with Gasteiger partial charge in [-0.2, -0.15) is 0 Å². The highest BCUT2D eigenvalue weighted by Crippen LogP contribution is 2.45. The van der Waals surface area contributed by atoms with Crippen LogP contribution < -0.4 is 0 Å². The van der Waals surface area contributed by atoms with Crippen LogP contribution in [-0.2, 0) is 0 Å². The van der Waals surface area contributed by atoms with E-state index in [0.717, 1.165) is 6.42 Å². The molecule has 0 amide bonds. The predicted octanol–water partition coefficient (Wildman–Crippen LogP) is 3.71. The molecule has 0 fully saturated rings. The van der Waals surface area contributed by atoms with Crippen molar-refractivity contribution in [3.05, 3.63) is 0 Å². The van der Waals surface area contributed by atoms with Gasteiger partial charge in [0.2, 0.25) is 6.43 Å². The minimum atomic E-state index is -2.24. The van der Waals surface area contributed by atoms with E-state index in [4.69, 9.17) is 0 Å². The summed E-state index contributed by atoms with van der Waals surface area (Å²) in [5.74, 6) is 0. The molecule has 0 bridgehead atoms. The van der Waals surface area contributed by atoms with Crippen molar-refractivity contribution in [1.29, 1.82) is 0 Å². The maximum atomic E-state index is 12.5. The van der Waals surface area contributed by atoms with Gasteiger partial charge in [0, 0.05) is 5.41 Å². The number of hydrogen-bond donors (Lipinski definition) is 0. The molecule has 0 aliphatic rings. The maximum Gasteiger partial charge on any atom is 0.244 e. The van der Waals surface area contributed by atoms with Crippen LogP contribution in [0.4, 0.5) is 8.78 Å². The van der Waals surface area contributed by atoms with E-state index in [9.17, 15) is 8.78 Å². The van der Waals surface area contributed by atoms with Crippen LogP contribution in [0.1, 0.15) is 41.0 Å². The lowest BCUT2D eigenvalue weighted by Crippen LogP contribution is -2.38. The Morgan fingerprint density at radius 1 is 1.09 bits per heavy atom. The molecule has 0 nitrogen and oxygen atoms in total. The highest BCUT2D eigenvalue weighted by atomic mass is 19.3. The Kier molecular flexibility index (Phi) is 3.04. The quantitative estimate of drug-likeness (QED) is 0.596. The van der Waals surface area contributed by atoms with Gasteiger partial charge in [-0.05, 0) is 5.41 Å². The van der Waals surface area contributed by atoms with Gasteiger partial charge in [0.05, 0.1) is 0 Å². The zero-order chi connectivity index (χ0) is 9.28. The van der Waals surface area contributed by atoms with Gasteiger partial charge in [-0.3, -0.25) is 0 Å². The monoisotopic (exact) mass is 164 g/mol. The largest absolute Gasteiger partial charge is 0.244 e. The molecule has 0 saturated heterocycles. The lowest BCUT2D eigenvalue weighted by atomic mass is 9.67. The second-order valence-electron chi connectivity index (χ2n) is 4.26. The molecule has 0 heterocycles. The average Bonchev–Trinajstić information content (AvgIpc) is 1.87. The van der Waals surface area contributed by atoms with Gasteiger partial charge >= 0.3 is 0 Å². The van der Waals surface area contributed by atoms with Crippen molar-refractivity contribution >= 4 is 0 Å². The summed E-state index contributed by atoms with van der Waals surface area (Å²) >= 11 is 0. The fraction of sp³-hybridized carbons (Fsp3) is 1.00. The molecule has 0 aromatic heterocycles. The molecule has 68 valence electrons. The molecule has 0 saturated carbocycles. The van der Waals surface area contributed by atoms with Crippen molar-refractivity contribution < 1.29 is 8.78 Å². The van der Waals surface area contributed by atoms with E-state index in [0.29, 0.717) is 0 Å². The van der Waals surface area contributed by atoms with Gasteiger partial charge in [-0.15, -0.1) is 0 Å². The lowest BCUT2D eigenvalue weighted by molar-refractivity contribution is -0.0615. The van der Waals surface area contributed by atoms with Crippen molar-refractivity contribution in [1.82, 2.24) is 0 Å². The maximum absolute atomic E-state index is 12.5. The summed E-state index contributed by atoms with van der Waals surface area (Å²) in [6, 6.07) is 0. The van der Waals surface area contributed by atoms with Gasteiger partial charge in [-0.25, -0.2) is 8.78 Å². The normalized spacial score (nSPS) is 14.2. The molecule has 0 rings (SSSR count). The van der Waals surface area contributed by atoms with Crippen LogP contribution in [0.2, 0.25) is 0 Å². The van der Waals surface area contributed by atoms with E-state index in [1.807, 2.05) is 20.8 Å². The van der Waals surface area contributed by atoms with Crippen LogP contribution in [-0.4, -0.2) is 6.43 Å². The third-order valence-electron chi connectivity index (χ3n) is 3.17. The summed E-state index contributed by atoms with van der Waals surface area (Å²) in [4.78, 5) is 0. The van der Waals surface area contributed by atoms with Gasteiger partial charge in [0.15, 0.2) is 0 Å². The van der Waals surface area contributed by atoms with Gasteiger partial charge in [0.1, 0.15) is 0 Å². The Labute approximate surface area is 68.0 Å². The molecule has 0 unspecified atom stereocenters. The molecule has 0 radical (unpaired) electrons. The molecule has 0 aliphatic carbocycles. The van der Waals surface area contributed by atoms with E-state index < -0.39 is 11.8 Å². The molecule has 11 heavy (non-hydrogen) atoms. The SMILES string of the molecule is CCC(C)(C)C(C)(C)C(F)F. The van der Waals surface area contributed by atoms with Crippen LogP contribution in [0.3, 0.4) is 0 Å². The first kappa shape index (κ1) is 10.9. The van der Waals surface area contributed by atoms with Crippen molar-refractivity contribution in [3.63, 3.8) is 0 Å². The molecule has 0 aromatic rings. The van der Waals surface area contributed by atoms with E-state index in [-0.39, 0.29) is 5.41 Å². The summed E-state index contributed by atoms with van der Waals surface area (Å²) < 4.78 is 25.0. The Morgan fingerprint density at radius 3 is 1.55 bits per heavy atom. The standard InChI is InChI=1S/C9H18F2/c1-6-8(2,3)9(4,5)7(10)11/h7H,6H2,1-5H3. The highest BCUT2D eigenvalue weighted by Gasteiger charge is 2.42. The molecule has 0 aliphatic heterocycles. The van der Waals surface area contributed by atoms with Crippen molar-refractivity contribution in [2.75, 3.05) is 0 Å². The first-order chi connectivity index (χ1) is 4.75. The van der Waals surface area contributed by atoms with Crippen LogP contribution in [0.15, 0.2) is 0 Å². The highest BCUT2D eigenvalue weighted by molar-refractivity contribution is 4.86. The first-order valence-corrected chi connectivity index (χ1v) is 4.04. The molecular weight excluding hydrogens is 146 g/mol. The van der Waals surface area contributed by atoms with Crippen molar-refractivity contribution in [3.8, 4) is 0 Å². The predicted molar refractivity (Wildman–Crippen MR) is 43.9 cm³/mol. The fourth-order valence-corrected chi connectivity index (χ4v) is 0.751. The summed E-state index contributed by atoms with van der Waals surface area (Å²) in [6.45, 7) is 8.98. The van der Waals surface area contributed by atoms with Gasteiger partial charge in [-0.1, -0.05) is 41.0 Å². The Hall–Kier alpha value is -0.140.